The molecule has 0 saturated carbocycles. The maximum atomic E-state index is 5.85. The van der Waals surface area contributed by atoms with Crippen LogP contribution in [0.1, 0.15) is 38.8 Å². The molecular formula is C21H31N3O. The quantitative estimate of drug-likeness (QED) is 0.856. The van der Waals surface area contributed by atoms with Gasteiger partial charge in [0.2, 0.25) is 0 Å². The second kappa shape index (κ2) is 7.87. The van der Waals surface area contributed by atoms with Gasteiger partial charge < -0.3 is 15.4 Å². The van der Waals surface area contributed by atoms with Gasteiger partial charge in [0.05, 0.1) is 12.8 Å². The lowest BCUT2D eigenvalue weighted by atomic mass is 9.96. The van der Waals surface area contributed by atoms with Crippen molar-refractivity contribution in [1.29, 1.82) is 0 Å². The van der Waals surface area contributed by atoms with E-state index in [1.165, 1.54) is 11.1 Å². The van der Waals surface area contributed by atoms with Crippen LogP contribution in [0.3, 0.4) is 0 Å². The van der Waals surface area contributed by atoms with Crippen molar-refractivity contribution in [3.63, 3.8) is 0 Å². The van der Waals surface area contributed by atoms with Gasteiger partial charge in [0.1, 0.15) is 11.6 Å². The molecule has 1 heterocycles. The lowest BCUT2D eigenvalue weighted by Crippen LogP contribution is -2.39. The lowest BCUT2D eigenvalue weighted by molar-refractivity contribution is 0.178. The van der Waals surface area contributed by atoms with Gasteiger partial charge in [0.25, 0.3) is 0 Å². The van der Waals surface area contributed by atoms with Crippen LogP contribution < -0.4 is 10.5 Å². The maximum Gasteiger partial charge on any atom is 0.128 e. The summed E-state index contributed by atoms with van der Waals surface area (Å²) in [7, 11) is 3.88. The summed E-state index contributed by atoms with van der Waals surface area (Å²) >= 11 is 0. The van der Waals surface area contributed by atoms with Crippen molar-refractivity contribution < 1.29 is 4.74 Å². The molecule has 0 unspecified atom stereocenters. The molecule has 2 N–H and O–H groups in total. The molecule has 0 aliphatic heterocycles. The van der Waals surface area contributed by atoms with Crippen molar-refractivity contribution >= 4 is 5.82 Å². The van der Waals surface area contributed by atoms with Crippen LogP contribution in [-0.2, 0) is 12.8 Å². The summed E-state index contributed by atoms with van der Waals surface area (Å²) in [5, 5.41) is 0. The van der Waals surface area contributed by atoms with E-state index >= 15 is 0 Å². The molecule has 25 heavy (non-hydrogen) atoms. The average Bonchev–Trinajstić information content (AvgIpc) is 2.57. The third kappa shape index (κ3) is 4.73. The number of nitrogens with two attached hydrogens (primary N) is 1. The molecule has 0 radical (unpaired) electrons. The summed E-state index contributed by atoms with van der Waals surface area (Å²) in [6, 6.07) is 10.1. The fraction of sp³-hybridized carbons (Fsp3) is 0.476. The number of hydrogen-bond acceptors (Lipinski definition) is 4. The predicted molar refractivity (Wildman–Crippen MR) is 106 cm³/mol. The smallest absolute Gasteiger partial charge is 0.128 e. The lowest BCUT2D eigenvalue weighted by Gasteiger charge is -2.32. The molecule has 4 nitrogen and oxygen atoms in total. The van der Waals surface area contributed by atoms with Crippen LogP contribution in [0, 0.1) is 0 Å². The summed E-state index contributed by atoms with van der Waals surface area (Å²) < 4.78 is 5.66. The number of benzene rings is 1. The molecule has 0 aliphatic rings. The van der Waals surface area contributed by atoms with Gasteiger partial charge >= 0.3 is 0 Å². The number of hydrogen-bond donors (Lipinski definition) is 1. The van der Waals surface area contributed by atoms with Crippen molar-refractivity contribution in [3.8, 4) is 17.0 Å². The second-order valence-electron chi connectivity index (χ2n) is 7.46. The van der Waals surface area contributed by atoms with Crippen LogP contribution in [0.5, 0.6) is 5.75 Å². The zero-order valence-electron chi connectivity index (χ0n) is 16.4. The molecule has 2 rings (SSSR count). The molecule has 1 aromatic carbocycles. The molecule has 0 saturated heterocycles. The first kappa shape index (κ1) is 19.3. The molecule has 0 bridgehead atoms. The molecule has 0 amide bonds. The fourth-order valence-electron chi connectivity index (χ4n) is 2.82. The molecule has 0 atom stereocenters. The third-order valence-electron chi connectivity index (χ3n) is 4.81. The monoisotopic (exact) mass is 341 g/mol. The SMILES string of the molecule is CCc1cc(-c2cccc(N)n2)c(OC)cc1CCN(C)C(C)(C)C. The first-order valence-electron chi connectivity index (χ1n) is 8.90. The number of likely N-dealkylation sites (N-methyl/N-ethyl adjacent to an activating group) is 1. The standard InChI is InChI=1S/C21H31N3O/c1-7-15-13-17(18-9-8-10-20(22)23-18)19(25-6)14-16(15)11-12-24(5)21(2,3)4/h8-10,13-14H,7,11-12H2,1-6H3,(H2,22,23). The highest BCUT2D eigenvalue weighted by Crippen LogP contribution is 2.33. The van der Waals surface area contributed by atoms with Crippen LogP contribution >= 0.6 is 0 Å². The minimum absolute atomic E-state index is 0.169. The number of pyridine rings is 1. The summed E-state index contributed by atoms with van der Waals surface area (Å²) in [4.78, 5) is 6.83. The Labute approximate surface area is 152 Å². The number of aromatic nitrogens is 1. The molecule has 0 aliphatic carbocycles. The van der Waals surface area contributed by atoms with E-state index < -0.39 is 0 Å². The molecule has 136 valence electrons. The maximum absolute atomic E-state index is 5.85. The van der Waals surface area contributed by atoms with E-state index in [-0.39, 0.29) is 5.54 Å². The number of methoxy groups -OCH3 is 1. The number of aryl methyl sites for hydroxylation is 1. The minimum Gasteiger partial charge on any atom is -0.496 e. The van der Waals surface area contributed by atoms with E-state index in [1.54, 1.807) is 13.2 Å². The highest BCUT2D eigenvalue weighted by molar-refractivity contribution is 5.70. The highest BCUT2D eigenvalue weighted by atomic mass is 16.5. The molecule has 0 spiro atoms. The van der Waals surface area contributed by atoms with Crippen LogP contribution in [0.4, 0.5) is 5.82 Å². The molecule has 0 fully saturated rings. The van der Waals surface area contributed by atoms with Crippen LogP contribution in [-0.4, -0.2) is 36.1 Å². The summed E-state index contributed by atoms with van der Waals surface area (Å²) in [6.07, 6.45) is 1.98. The number of ether oxygens (including phenoxy) is 1. The number of nitrogen functional groups attached to an aromatic ring is 1. The highest BCUT2D eigenvalue weighted by Gasteiger charge is 2.18. The Morgan fingerprint density at radius 2 is 1.88 bits per heavy atom. The van der Waals surface area contributed by atoms with Crippen molar-refractivity contribution in [3.05, 3.63) is 41.5 Å². The molecular weight excluding hydrogens is 310 g/mol. The average molecular weight is 341 g/mol. The van der Waals surface area contributed by atoms with Crippen LogP contribution in [0.25, 0.3) is 11.3 Å². The fourth-order valence-corrected chi connectivity index (χ4v) is 2.82. The number of rotatable bonds is 6. The zero-order chi connectivity index (χ0) is 18.6. The predicted octanol–water partition coefficient (Wildman–Crippen LogP) is 4.17. The Bertz CT molecular complexity index is 720. The Kier molecular flexibility index (Phi) is 6.07. The van der Waals surface area contributed by atoms with Crippen molar-refractivity contribution in [1.82, 2.24) is 9.88 Å². The Morgan fingerprint density at radius 1 is 1.16 bits per heavy atom. The van der Waals surface area contributed by atoms with E-state index in [2.05, 4.69) is 56.8 Å². The number of nitrogens with zero attached hydrogens (tertiary/aromatic N) is 2. The summed E-state index contributed by atoms with van der Waals surface area (Å²) in [5.41, 5.74) is 10.5. The van der Waals surface area contributed by atoms with Crippen LogP contribution in [0.15, 0.2) is 30.3 Å². The molecule has 4 heteroatoms. The van der Waals surface area contributed by atoms with E-state index in [1.807, 2.05) is 12.1 Å². The third-order valence-corrected chi connectivity index (χ3v) is 4.81. The topological polar surface area (TPSA) is 51.4 Å². The van der Waals surface area contributed by atoms with E-state index in [0.29, 0.717) is 5.82 Å². The first-order valence-corrected chi connectivity index (χ1v) is 8.90. The Morgan fingerprint density at radius 3 is 2.44 bits per heavy atom. The Balaban J connectivity index is 2.37. The summed E-state index contributed by atoms with van der Waals surface area (Å²) in [5.74, 6) is 1.37. The van der Waals surface area contributed by atoms with Gasteiger partial charge in [-0.25, -0.2) is 4.98 Å². The second-order valence-corrected chi connectivity index (χ2v) is 7.46. The van der Waals surface area contributed by atoms with Gasteiger partial charge in [-0.2, -0.15) is 0 Å². The van der Waals surface area contributed by atoms with Gasteiger partial charge in [0, 0.05) is 17.6 Å². The number of anilines is 1. The van der Waals surface area contributed by atoms with Gasteiger partial charge in [-0.15, -0.1) is 0 Å². The molecule has 1 aromatic heterocycles. The van der Waals surface area contributed by atoms with Crippen molar-refractivity contribution in [2.45, 2.75) is 46.1 Å². The molecule has 2 aromatic rings. The van der Waals surface area contributed by atoms with Crippen molar-refractivity contribution in [2.24, 2.45) is 0 Å². The van der Waals surface area contributed by atoms with Crippen LogP contribution in [0.2, 0.25) is 0 Å². The zero-order valence-corrected chi connectivity index (χ0v) is 16.4. The normalized spacial score (nSPS) is 11.8. The van der Waals surface area contributed by atoms with E-state index in [4.69, 9.17) is 10.5 Å². The van der Waals surface area contributed by atoms with Gasteiger partial charge in [-0.1, -0.05) is 13.0 Å². The van der Waals surface area contributed by atoms with Crippen molar-refractivity contribution in [2.75, 3.05) is 26.4 Å². The summed E-state index contributed by atoms with van der Waals surface area (Å²) in [6.45, 7) is 9.92. The van der Waals surface area contributed by atoms with E-state index in [9.17, 15) is 0 Å². The Hall–Kier alpha value is -2.07. The largest absolute Gasteiger partial charge is 0.496 e. The first-order chi connectivity index (χ1) is 11.8. The van der Waals surface area contributed by atoms with Gasteiger partial charge in [-0.3, -0.25) is 0 Å². The minimum atomic E-state index is 0.169. The van der Waals surface area contributed by atoms with Gasteiger partial charge in [-0.05, 0) is 76.1 Å². The van der Waals surface area contributed by atoms with E-state index in [0.717, 1.165) is 36.4 Å². The van der Waals surface area contributed by atoms with Gasteiger partial charge in [0.15, 0.2) is 0 Å².